The van der Waals surface area contributed by atoms with Gasteiger partial charge in [0.05, 0.1) is 5.69 Å². The van der Waals surface area contributed by atoms with E-state index in [4.69, 9.17) is 0 Å². The molecule has 1 aromatic carbocycles. The highest BCUT2D eigenvalue weighted by molar-refractivity contribution is 14.1. The highest BCUT2D eigenvalue weighted by atomic mass is 127. The molecule has 0 saturated carbocycles. The lowest BCUT2D eigenvalue weighted by molar-refractivity contribution is -0.0591. The first kappa shape index (κ1) is 11.5. The van der Waals surface area contributed by atoms with Gasteiger partial charge in [-0.2, -0.15) is 13.2 Å². The summed E-state index contributed by atoms with van der Waals surface area (Å²) < 4.78 is 37.1. The molecule has 0 fully saturated rings. The minimum Gasteiger partial charge on any atom is -0.248 e. The number of rotatable bonds is 1. The molecule has 0 unspecified atom stereocenters. The predicted octanol–water partition coefficient (Wildman–Crippen LogP) is 3.95. The Bertz CT molecular complexity index is 357. The van der Waals surface area contributed by atoms with E-state index in [9.17, 15) is 13.2 Å². The molecule has 0 saturated heterocycles. The van der Waals surface area contributed by atoms with E-state index in [1.165, 1.54) is 0 Å². The molecule has 0 aliphatic rings. The van der Waals surface area contributed by atoms with Crippen LogP contribution in [0.5, 0.6) is 0 Å². The molecule has 5 heteroatoms. The quantitative estimate of drug-likeness (QED) is 0.550. The molecule has 0 atom stereocenters. The smallest absolute Gasteiger partial charge is 0.248 e. The maximum absolute atomic E-state index is 12.1. The van der Waals surface area contributed by atoms with Crippen molar-refractivity contribution in [2.75, 3.05) is 0 Å². The van der Waals surface area contributed by atoms with E-state index in [-0.39, 0.29) is 0 Å². The summed E-state index contributed by atoms with van der Waals surface area (Å²) in [6, 6.07) is 6.68. The van der Waals surface area contributed by atoms with Crippen molar-refractivity contribution in [1.82, 2.24) is 0 Å². The van der Waals surface area contributed by atoms with Crippen LogP contribution in [0, 0.1) is 3.57 Å². The zero-order chi connectivity index (χ0) is 10.8. The van der Waals surface area contributed by atoms with E-state index in [1.54, 1.807) is 24.3 Å². The van der Waals surface area contributed by atoms with Crippen LogP contribution in [0.15, 0.2) is 29.3 Å². The van der Waals surface area contributed by atoms with Gasteiger partial charge < -0.3 is 0 Å². The standard InChI is InChI=1S/C9H7F3IN/c1-6(9(10,11)12)14-8-5-3-2-4-7(8)13/h2-5H,1H3. The van der Waals surface area contributed by atoms with Crippen molar-refractivity contribution >= 4 is 34.0 Å². The Labute approximate surface area is 93.2 Å². The van der Waals surface area contributed by atoms with Gasteiger partial charge in [-0.1, -0.05) is 12.1 Å². The summed E-state index contributed by atoms with van der Waals surface area (Å²) in [6.07, 6.45) is -4.35. The maximum atomic E-state index is 12.1. The van der Waals surface area contributed by atoms with E-state index in [2.05, 4.69) is 4.99 Å². The monoisotopic (exact) mass is 313 g/mol. The molecule has 0 N–H and O–H groups in total. The average Bonchev–Trinajstić information content (AvgIpc) is 2.07. The van der Waals surface area contributed by atoms with Crippen LogP contribution in [-0.4, -0.2) is 11.9 Å². The lowest BCUT2D eigenvalue weighted by atomic mass is 10.3. The fourth-order valence-electron chi connectivity index (χ4n) is 0.786. The predicted molar refractivity (Wildman–Crippen MR) is 58.0 cm³/mol. The third-order valence-corrected chi connectivity index (χ3v) is 2.46. The summed E-state index contributed by atoms with van der Waals surface area (Å²) in [5, 5.41) is 0. The molecule has 0 spiro atoms. The van der Waals surface area contributed by atoms with E-state index in [1.807, 2.05) is 22.6 Å². The number of nitrogens with zero attached hydrogens (tertiary/aromatic N) is 1. The highest BCUT2D eigenvalue weighted by Crippen LogP contribution is 2.24. The summed E-state index contributed by atoms with van der Waals surface area (Å²) in [5.41, 5.74) is -0.482. The van der Waals surface area contributed by atoms with Gasteiger partial charge in [0.1, 0.15) is 5.71 Å². The first-order chi connectivity index (χ1) is 6.41. The summed E-state index contributed by atoms with van der Waals surface area (Å²) in [4.78, 5) is 3.51. The largest absolute Gasteiger partial charge is 0.429 e. The Morgan fingerprint density at radius 3 is 2.36 bits per heavy atom. The highest BCUT2D eigenvalue weighted by Gasteiger charge is 2.31. The third kappa shape index (κ3) is 2.97. The minimum atomic E-state index is -4.35. The Kier molecular flexibility index (Phi) is 3.52. The number of hydrogen-bond donors (Lipinski definition) is 0. The SMILES string of the molecule is CC(=Nc1ccccc1I)C(F)(F)F. The molecule has 1 rings (SSSR count). The maximum Gasteiger partial charge on any atom is 0.429 e. The normalized spacial score (nSPS) is 13.1. The van der Waals surface area contributed by atoms with Gasteiger partial charge in [0, 0.05) is 3.57 Å². The average molecular weight is 313 g/mol. The second kappa shape index (κ2) is 4.29. The molecular weight excluding hydrogens is 306 g/mol. The van der Waals surface area contributed by atoms with Crippen LogP contribution in [0.4, 0.5) is 18.9 Å². The topological polar surface area (TPSA) is 12.4 Å². The van der Waals surface area contributed by atoms with E-state index < -0.39 is 11.9 Å². The number of alkyl halides is 3. The number of aliphatic imine (C=N–C) groups is 1. The van der Waals surface area contributed by atoms with E-state index >= 15 is 0 Å². The summed E-state index contributed by atoms with van der Waals surface area (Å²) in [5.74, 6) is 0. The van der Waals surface area contributed by atoms with Gasteiger partial charge in [0.25, 0.3) is 0 Å². The minimum absolute atomic E-state index is 0.350. The number of halogens is 4. The third-order valence-electron chi connectivity index (χ3n) is 1.55. The number of benzene rings is 1. The van der Waals surface area contributed by atoms with E-state index in [0.29, 0.717) is 9.26 Å². The lowest BCUT2D eigenvalue weighted by Gasteiger charge is -2.05. The summed E-state index contributed by atoms with van der Waals surface area (Å²) in [6.45, 7) is 0.961. The number of hydrogen-bond acceptors (Lipinski definition) is 1. The zero-order valence-corrected chi connectivity index (χ0v) is 9.43. The van der Waals surface area contributed by atoms with Crippen molar-refractivity contribution in [1.29, 1.82) is 0 Å². The molecule has 0 aliphatic heterocycles. The Morgan fingerprint density at radius 2 is 1.86 bits per heavy atom. The first-order valence-electron chi connectivity index (χ1n) is 3.78. The van der Waals surface area contributed by atoms with Crippen molar-refractivity contribution in [2.24, 2.45) is 4.99 Å². The molecule has 0 aromatic heterocycles. The van der Waals surface area contributed by atoms with Crippen LogP contribution in [-0.2, 0) is 0 Å². The van der Waals surface area contributed by atoms with Gasteiger partial charge in [-0.25, -0.2) is 4.99 Å². The van der Waals surface area contributed by atoms with Crippen LogP contribution >= 0.6 is 22.6 Å². The van der Waals surface area contributed by atoms with Gasteiger partial charge in [-0.3, -0.25) is 0 Å². The summed E-state index contributed by atoms with van der Waals surface area (Å²) in [7, 11) is 0. The lowest BCUT2D eigenvalue weighted by Crippen LogP contribution is -2.18. The van der Waals surface area contributed by atoms with Crippen molar-refractivity contribution < 1.29 is 13.2 Å². The van der Waals surface area contributed by atoms with Crippen LogP contribution < -0.4 is 0 Å². The van der Waals surface area contributed by atoms with Crippen molar-refractivity contribution in [2.45, 2.75) is 13.1 Å². The van der Waals surface area contributed by atoms with Gasteiger partial charge in [0.2, 0.25) is 0 Å². The Morgan fingerprint density at radius 1 is 1.29 bits per heavy atom. The zero-order valence-electron chi connectivity index (χ0n) is 7.27. The van der Waals surface area contributed by atoms with Crippen LogP contribution in [0.25, 0.3) is 0 Å². The van der Waals surface area contributed by atoms with Crippen LogP contribution in [0.3, 0.4) is 0 Å². The molecule has 14 heavy (non-hydrogen) atoms. The number of para-hydroxylation sites is 1. The fraction of sp³-hybridized carbons (Fsp3) is 0.222. The van der Waals surface area contributed by atoms with E-state index in [0.717, 1.165) is 6.92 Å². The Hall–Kier alpha value is -0.590. The summed E-state index contributed by atoms with van der Waals surface area (Å²) >= 11 is 1.95. The van der Waals surface area contributed by atoms with Crippen molar-refractivity contribution in [3.05, 3.63) is 27.8 Å². The van der Waals surface area contributed by atoms with Gasteiger partial charge in [-0.05, 0) is 41.6 Å². The van der Waals surface area contributed by atoms with Crippen molar-refractivity contribution in [3.63, 3.8) is 0 Å². The molecule has 0 aliphatic carbocycles. The molecule has 76 valence electrons. The second-order valence-electron chi connectivity index (χ2n) is 2.65. The molecule has 0 heterocycles. The molecule has 0 bridgehead atoms. The molecule has 1 aromatic rings. The molecule has 0 amide bonds. The van der Waals surface area contributed by atoms with Crippen LogP contribution in [0.2, 0.25) is 0 Å². The van der Waals surface area contributed by atoms with Gasteiger partial charge >= 0.3 is 6.18 Å². The van der Waals surface area contributed by atoms with Crippen LogP contribution in [0.1, 0.15) is 6.92 Å². The fourth-order valence-corrected chi connectivity index (χ4v) is 1.29. The van der Waals surface area contributed by atoms with Gasteiger partial charge in [0.15, 0.2) is 0 Å². The second-order valence-corrected chi connectivity index (χ2v) is 3.81. The first-order valence-corrected chi connectivity index (χ1v) is 4.86. The van der Waals surface area contributed by atoms with Gasteiger partial charge in [-0.15, -0.1) is 0 Å². The van der Waals surface area contributed by atoms with Crippen molar-refractivity contribution in [3.8, 4) is 0 Å². The molecular formula is C9H7F3IN. The Balaban J connectivity index is 3.04. The molecule has 0 radical (unpaired) electrons. The molecule has 1 nitrogen and oxygen atoms in total.